The molecule has 33 heavy (non-hydrogen) atoms. The van der Waals surface area contributed by atoms with E-state index in [1.165, 1.54) is 29.7 Å². The van der Waals surface area contributed by atoms with Crippen LogP contribution in [0.4, 0.5) is 5.69 Å². The van der Waals surface area contributed by atoms with Gasteiger partial charge in [-0.1, -0.05) is 28.1 Å². The van der Waals surface area contributed by atoms with Crippen molar-refractivity contribution in [2.45, 2.75) is 6.61 Å². The van der Waals surface area contributed by atoms with Gasteiger partial charge in [-0.2, -0.15) is 5.10 Å². The molecule has 7 nitrogen and oxygen atoms in total. The maximum Gasteiger partial charge on any atom is 0.281 e. The highest BCUT2D eigenvalue weighted by molar-refractivity contribution is 14.1. The van der Waals surface area contributed by atoms with E-state index in [0.717, 1.165) is 18.3 Å². The highest BCUT2D eigenvalue weighted by Gasteiger charge is 2.13. The number of nitrogens with zero attached hydrogens (tertiary/aromatic N) is 2. The van der Waals surface area contributed by atoms with Crippen LogP contribution in [0.25, 0.3) is 10.1 Å². The number of hydrogen-bond acceptors (Lipinski definition) is 6. The van der Waals surface area contributed by atoms with Gasteiger partial charge in [0.1, 0.15) is 12.4 Å². The van der Waals surface area contributed by atoms with Crippen LogP contribution in [-0.4, -0.2) is 17.0 Å². The van der Waals surface area contributed by atoms with E-state index in [-0.39, 0.29) is 5.69 Å². The average molecular weight is 636 g/mol. The molecule has 0 fully saturated rings. The van der Waals surface area contributed by atoms with Crippen molar-refractivity contribution in [1.29, 1.82) is 0 Å². The number of nitro benzene ring substituents is 1. The third kappa shape index (κ3) is 5.95. The minimum atomic E-state index is -0.461. The van der Waals surface area contributed by atoms with Crippen molar-refractivity contribution < 1.29 is 14.5 Å². The van der Waals surface area contributed by atoms with Crippen molar-refractivity contribution in [1.82, 2.24) is 5.43 Å². The van der Waals surface area contributed by atoms with Crippen LogP contribution in [0.1, 0.15) is 20.8 Å². The summed E-state index contributed by atoms with van der Waals surface area (Å²) in [6, 6.07) is 19.7. The number of ether oxygens (including phenoxy) is 1. The van der Waals surface area contributed by atoms with Gasteiger partial charge in [0.15, 0.2) is 0 Å². The summed E-state index contributed by atoms with van der Waals surface area (Å²) >= 11 is 6.94. The summed E-state index contributed by atoms with van der Waals surface area (Å²) in [5.74, 6) is 0.232. The van der Waals surface area contributed by atoms with E-state index < -0.39 is 10.8 Å². The molecule has 0 aliphatic rings. The summed E-state index contributed by atoms with van der Waals surface area (Å²) < 4.78 is 8.74. The molecular weight excluding hydrogens is 621 g/mol. The molecule has 1 heterocycles. The lowest BCUT2D eigenvalue weighted by Crippen LogP contribution is -2.16. The summed E-state index contributed by atoms with van der Waals surface area (Å²) in [6.45, 7) is 0.402. The fourth-order valence-corrected chi connectivity index (χ4v) is 4.64. The quantitative estimate of drug-likeness (QED) is 0.108. The molecular formula is C23H15BrIN3O4S. The average Bonchev–Trinajstić information content (AvgIpc) is 3.23. The van der Waals surface area contributed by atoms with E-state index in [1.807, 2.05) is 42.5 Å². The van der Waals surface area contributed by atoms with Gasteiger partial charge in [0, 0.05) is 35.8 Å². The summed E-state index contributed by atoms with van der Waals surface area (Å²) in [6.07, 6.45) is 1.52. The first-order chi connectivity index (χ1) is 15.9. The molecule has 4 rings (SSSR count). The molecule has 0 atom stereocenters. The Morgan fingerprint density at radius 2 is 1.94 bits per heavy atom. The topological polar surface area (TPSA) is 93.8 Å². The Morgan fingerprint density at radius 1 is 1.15 bits per heavy atom. The fourth-order valence-electron chi connectivity index (χ4n) is 2.97. The van der Waals surface area contributed by atoms with Crippen molar-refractivity contribution >= 4 is 77.8 Å². The molecule has 0 spiro atoms. The van der Waals surface area contributed by atoms with Crippen molar-refractivity contribution in [3.63, 3.8) is 0 Å². The lowest BCUT2D eigenvalue weighted by molar-refractivity contribution is -0.384. The predicted octanol–water partition coefficient (Wildman–Crippen LogP) is 6.52. The van der Waals surface area contributed by atoms with Gasteiger partial charge >= 0.3 is 0 Å². The minimum Gasteiger partial charge on any atom is -0.488 e. The maximum absolute atomic E-state index is 12.5. The molecule has 0 radical (unpaired) electrons. The normalized spacial score (nSPS) is 11.1. The summed E-state index contributed by atoms with van der Waals surface area (Å²) in [7, 11) is 0. The largest absolute Gasteiger partial charge is 0.488 e. The van der Waals surface area contributed by atoms with E-state index in [2.05, 4.69) is 49.0 Å². The predicted molar refractivity (Wildman–Crippen MR) is 141 cm³/mol. The van der Waals surface area contributed by atoms with Crippen LogP contribution in [-0.2, 0) is 6.61 Å². The number of carbonyl (C=O) groups is 1. The Bertz CT molecular complexity index is 1370. The van der Waals surface area contributed by atoms with Crippen LogP contribution in [0.3, 0.4) is 0 Å². The molecule has 0 aliphatic carbocycles. The molecule has 166 valence electrons. The zero-order valence-electron chi connectivity index (χ0n) is 16.8. The van der Waals surface area contributed by atoms with E-state index in [0.29, 0.717) is 28.2 Å². The lowest BCUT2D eigenvalue weighted by Gasteiger charge is -2.10. The molecule has 0 bridgehead atoms. The Hall–Kier alpha value is -2.83. The molecule has 0 unspecified atom stereocenters. The molecule has 1 aromatic heterocycles. The third-order valence-electron chi connectivity index (χ3n) is 4.58. The van der Waals surface area contributed by atoms with Crippen LogP contribution >= 0.6 is 49.9 Å². The summed E-state index contributed by atoms with van der Waals surface area (Å²) in [4.78, 5) is 23.4. The third-order valence-corrected chi connectivity index (χ3v) is 6.91. The van der Waals surface area contributed by atoms with Gasteiger partial charge in [0.25, 0.3) is 11.6 Å². The second-order valence-electron chi connectivity index (χ2n) is 6.89. The van der Waals surface area contributed by atoms with Gasteiger partial charge in [0.05, 0.1) is 16.0 Å². The molecule has 10 heteroatoms. The van der Waals surface area contributed by atoms with Gasteiger partial charge in [0.2, 0.25) is 0 Å². The number of fused-ring (bicyclic) bond motifs is 1. The van der Waals surface area contributed by atoms with Crippen molar-refractivity contribution in [3.05, 3.63) is 101 Å². The fraction of sp³-hybridized carbons (Fsp3) is 0.0435. The van der Waals surface area contributed by atoms with Crippen LogP contribution in [0.5, 0.6) is 5.75 Å². The standard InChI is InChI=1S/C23H15BrIN3O4S/c24-17-3-7-20(32-13-14-1-4-18(25)5-2-14)16(9-17)12-26-27-23(29)22-11-15-10-19(28(30)31)6-8-21(15)33-22/h1-12H,13H2,(H,27,29)/b26-12-. The number of non-ortho nitro benzene ring substituents is 1. The smallest absolute Gasteiger partial charge is 0.281 e. The van der Waals surface area contributed by atoms with E-state index in [1.54, 1.807) is 12.1 Å². The number of halogens is 2. The highest BCUT2D eigenvalue weighted by atomic mass is 127. The van der Waals surface area contributed by atoms with Crippen LogP contribution in [0.2, 0.25) is 0 Å². The number of nitro groups is 1. The van der Waals surface area contributed by atoms with Gasteiger partial charge in [-0.05, 0) is 70.6 Å². The number of benzene rings is 3. The van der Waals surface area contributed by atoms with E-state index in [9.17, 15) is 14.9 Å². The molecule has 1 amide bonds. The van der Waals surface area contributed by atoms with Crippen molar-refractivity contribution in [2.75, 3.05) is 0 Å². The SMILES string of the molecule is O=C(N/N=C\c1cc(Br)ccc1OCc1ccc(I)cc1)c1cc2cc([N+](=O)[O-])ccc2s1. The van der Waals surface area contributed by atoms with Crippen LogP contribution in [0.15, 0.2) is 76.3 Å². The zero-order valence-corrected chi connectivity index (χ0v) is 21.4. The van der Waals surface area contributed by atoms with Gasteiger partial charge in [-0.25, -0.2) is 5.43 Å². The second kappa shape index (κ2) is 10.4. The molecule has 0 saturated heterocycles. The van der Waals surface area contributed by atoms with Gasteiger partial charge < -0.3 is 4.74 Å². The number of carbonyl (C=O) groups excluding carboxylic acids is 1. The minimum absolute atomic E-state index is 0.0160. The van der Waals surface area contributed by atoms with Crippen molar-refractivity contribution in [2.24, 2.45) is 5.10 Å². The van der Waals surface area contributed by atoms with E-state index in [4.69, 9.17) is 4.74 Å². The molecule has 1 N–H and O–H groups in total. The Morgan fingerprint density at radius 3 is 2.70 bits per heavy atom. The first kappa shape index (κ1) is 23.3. The lowest BCUT2D eigenvalue weighted by atomic mass is 10.2. The van der Waals surface area contributed by atoms with E-state index >= 15 is 0 Å². The second-order valence-corrected chi connectivity index (χ2v) is 10.1. The number of nitrogens with one attached hydrogen (secondary N) is 1. The first-order valence-electron chi connectivity index (χ1n) is 9.57. The Kier molecular flexibility index (Phi) is 7.36. The molecule has 3 aromatic carbocycles. The first-order valence-corrected chi connectivity index (χ1v) is 12.3. The monoisotopic (exact) mass is 635 g/mol. The Labute approximate surface area is 214 Å². The summed E-state index contributed by atoms with van der Waals surface area (Å²) in [5, 5.41) is 15.7. The van der Waals surface area contributed by atoms with Gasteiger partial charge in [-0.3, -0.25) is 14.9 Å². The number of hydrazone groups is 1. The zero-order chi connectivity index (χ0) is 23.4. The highest BCUT2D eigenvalue weighted by Crippen LogP contribution is 2.29. The number of rotatable bonds is 7. The van der Waals surface area contributed by atoms with Crippen molar-refractivity contribution in [3.8, 4) is 5.75 Å². The number of hydrogen-bond donors (Lipinski definition) is 1. The Balaban J connectivity index is 1.45. The maximum atomic E-state index is 12.5. The number of thiophene rings is 1. The summed E-state index contributed by atoms with van der Waals surface area (Å²) in [5.41, 5.74) is 4.23. The molecule has 0 saturated carbocycles. The van der Waals surface area contributed by atoms with Gasteiger partial charge in [-0.15, -0.1) is 11.3 Å². The number of amides is 1. The van der Waals surface area contributed by atoms with Crippen LogP contribution in [0, 0.1) is 13.7 Å². The van der Waals surface area contributed by atoms with Crippen LogP contribution < -0.4 is 10.2 Å². The molecule has 4 aromatic rings. The molecule has 0 aliphatic heterocycles.